The molecule has 0 bridgehead atoms. The zero-order valence-corrected chi connectivity index (χ0v) is 23.9. The molecule has 0 unspecified atom stereocenters. The first-order valence-electron chi connectivity index (χ1n) is 13.0. The molecule has 0 spiro atoms. The monoisotopic (exact) mass is 625 g/mol. The van der Waals surface area contributed by atoms with E-state index >= 15 is 0 Å². The average Bonchev–Trinajstić information content (AvgIpc) is 3.47. The van der Waals surface area contributed by atoms with Gasteiger partial charge in [0.2, 0.25) is 11.8 Å². The molecule has 1 aromatic heterocycles. The predicted octanol–water partition coefficient (Wildman–Crippen LogP) is 5.58. The summed E-state index contributed by atoms with van der Waals surface area (Å²) in [6.07, 6.45) is -4.78. The van der Waals surface area contributed by atoms with Crippen molar-refractivity contribution in [1.82, 2.24) is 4.98 Å². The van der Waals surface area contributed by atoms with Crippen molar-refractivity contribution < 1.29 is 32.3 Å². The van der Waals surface area contributed by atoms with Gasteiger partial charge in [0.1, 0.15) is 11.0 Å². The molecule has 8 nitrogen and oxygen atoms in total. The number of fused-ring (bicyclic) bond motifs is 2. The predicted molar refractivity (Wildman–Crippen MR) is 156 cm³/mol. The van der Waals surface area contributed by atoms with Crippen LogP contribution in [0.5, 0.6) is 5.75 Å². The molecule has 13 heteroatoms. The number of aromatic amines is 1. The number of rotatable bonds is 6. The van der Waals surface area contributed by atoms with E-state index in [0.29, 0.717) is 31.8 Å². The molecule has 1 fully saturated rings. The van der Waals surface area contributed by atoms with E-state index in [1.54, 1.807) is 36.4 Å². The molecule has 3 aromatic carbocycles. The Bertz CT molecular complexity index is 1800. The summed E-state index contributed by atoms with van der Waals surface area (Å²) in [7, 11) is 0. The number of aromatic nitrogens is 1. The van der Waals surface area contributed by atoms with Crippen LogP contribution < -0.4 is 19.8 Å². The molecule has 0 saturated carbocycles. The number of H-pyrrole nitrogens is 1. The molecular weight excluding hydrogens is 603 g/mol. The van der Waals surface area contributed by atoms with Crippen LogP contribution in [0.1, 0.15) is 27.5 Å². The van der Waals surface area contributed by atoms with Crippen molar-refractivity contribution in [2.75, 3.05) is 16.8 Å². The fraction of sp³-hybridized carbons (Fsp3) is 0.200. The molecule has 3 heterocycles. The van der Waals surface area contributed by atoms with Crippen LogP contribution in [0.15, 0.2) is 82.6 Å². The maximum Gasteiger partial charge on any atom is 0.418 e. The van der Waals surface area contributed by atoms with Gasteiger partial charge in [0.25, 0.3) is 5.91 Å². The highest BCUT2D eigenvalue weighted by atomic mass is 32.2. The molecule has 4 aromatic rings. The molecular formula is C30H22F3N3O5S2. The lowest BCUT2D eigenvalue weighted by atomic mass is 9.83. The number of hydrogen-bond acceptors (Lipinski definition) is 7. The number of thiazole rings is 1. The first-order chi connectivity index (χ1) is 20.5. The zero-order chi connectivity index (χ0) is 30.5. The van der Waals surface area contributed by atoms with E-state index in [4.69, 9.17) is 4.74 Å². The van der Waals surface area contributed by atoms with Crippen LogP contribution in [0.3, 0.4) is 0 Å². The van der Waals surface area contributed by atoms with Crippen molar-refractivity contribution in [2.45, 2.75) is 29.3 Å². The molecule has 2 aliphatic rings. The number of nitrogens with zero attached hydrogens (tertiary/aromatic N) is 1. The Morgan fingerprint density at radius 1 is 0.977 bits per heavy atom. The maximum absolute atomic E-state index is 13.8. The van der Waals surface area contributed by atoms with Gasteiger partial charge >= 0.3 is 11.0 Å². The van der Waals surface area contributed by atoms with Crippen molar-refractivity contribution in [1.29, 1.82) is 0 Å². The van der Waals surface area contributed by atoms with Crippen molar-refractivity contribution in [3.8, 4) is 5.75 Å². The van der Waals surface area contributed by atoms with Crippen LogP contribution >= 0.6 is 23.1 Å². The molecule has 0 radical (unpaired) electrons. The Balaban J connectivity index is 1.28. The minimum Gasteiger partial charge on any atom is -0.484 e. The van der Waals surface area contributed by atoms with E-state index in [-0.39, 0.29) is 17.4 Å². The quantitative estimate of drug-likeness (QED) is 0.271. The lowest BCUT2D eigenvalue weighted by Crippen LogP contribution is -2.33. The van der Waals surface area contributed by atoms with Crippen LogP contribution in [0.2, 0.25) is 0 Å². The van der Waals surface area contributed by atoms with Crippen molar-refractivity contribution in [2.24, 2.45) is 5.92 Å². The van der Waals surface area contributed by atoms with Crippen LogP contribution in [-0.2, 0) is 20.6 Å². The summed E-state index contributed by atoms with van der Waals surface area (Å²) in [6, 6.07) is 18.3. The number of alkyl halides is 3. The second-order valence-electron chi connectivity index (χ2n) is 10.00. The Hall–Kier alpha value is -4.36. The number of nitrogens with one attached hydrogen (secondary N) is 2. The van der Waals surface area contributed by atoms with E-state index < -0.39 is 46.3 Å². The summed E-state index contributed by atoms with van der Waals surface area (Å²) in [6.45, 7) is 1.61. The highest BCUT2D eigenvalue weighted by Gasteiger charge is 2.57. The highest BCUT2D eigenvalue weighted by molar-refractivity contribution is 8.00. The van der Waals surface area contributed by atoms with Gasteiger partial charge in [-0.05, 0) is 48.4 Å². The number of amides is 3. The Labute approximate surface area is 250 Å². The molecule has 43 heavy (non-hydrogen) atoms. The minimum atomic E-state index is -4.78. The van der Waals surface area contributed by atoms with Crippen molar-refractivity contribution in [3.63, 3.8) is 0 Å². The number of hydrogen-bond donors (Lipinski definition) is 2. The molecule has 0 aliphatic carbocycles. The maximum atomic E-state index is 13.8. The SMILES string of the molecule is Cc1ccccc1NC(=O)COc1ccc([C@@H]2c3sc(=O)[nH]c3S[C@H]3C(=O)N(c4ccccc4C(F)(F)F)C(=O)[C@@H]23)cc1. The van der Waals surface area contributed by atoms with Gasteiger partial charge in [-0.2, -0.15) is 13.2 Å². The normalized spacial score (nSPS) is 19.6. The van der Waals surface area contributed by atoms with E-state index in [2.05, 4.69) is 10.3 Å². The fourth-order valence-corrected chi connectivity index (χ4v) is 7.86. The van der Waals surface area contributed by atoms with Gasteiger partial charge in [-0.25, -0.2) is 4.90 Å². The lowest BCUT2D eigenvalue weighted by molar-refractivity contribution is -0.137. The molecule has 3 amide bonds. The van der Waals surface area contributed by atoms with Gasteiger partial charge in [0, 0.05) is 16.5 Å². The fourth-order valence-electron chi connectivity index (χ4n) is 5.34. The second kappa shape index (κ2) is 11.0. The average molecular weight is 626 g/mol. The first-order valence-corrected chi connectivity index (χ1v) is 14.7. The molecule has 2 N–H and O–H groups in total. The topological polar surface area (TPSA) is 109 Å². The van der Waals surface area contributed by atoms with E-state index in [1.165, 1.54) is 12.1 Å². The zero-order valence-electron chi connectivity index (χ0n) is 22.3. The van der Waals surface area contributed by atoms with Gasteiger partial charge in [0.15, 0.2) is 6.61 Å². The Kier molecular flexibility index (Phi) is 7.38. The molecule has 1 saturated heterocycles. The van der Waals surface area contributed by atoms with E-state index in [1.807, 2.05) is 19.1 Å². The smallest absolute Gasteiger partial charge is 0.418 e. The number of anilines is 2. The number of ether oxygens (including phenoxy) is 1. The summed E-state index contributed by atoms with van der Waals surface area (Å²) in [5.41, 5.74) is 0.517. The summed E-state index contributed by atoms with van der Waals surface area (Å²) < 4.78 is 47.1. The summed E-state index contributed by atoms with van der Waals surface area (Å²) in [5.74, 6) is -3.38. The molecule has 3 atom stereocenters. The van der Waals surface area contributed by atoms with Crippen molar-refractivity contribution in [3.05, 3.63) is 104 Å². The number of imide groups is 1. The molecule has 2 aliphatic heterocycles. The standard InChI is InChI=1S/C30H22F3N3O5S2/c1-15-6-2-4-8-19(15)34-21(37)14-41-17-12-10-16(11-13-17)22-23-25(42-26-24(22)43-29(40)35-26)28(39)36(27(23)38)20-9-5-3-7-18(20)30(31,32)33/h2-13,22-23,25H,14H2,1H3,(H,34,37)(H,35,40)/t22-,23-,25+/m0/s1. The van der Waals surface area contributed by atoms with Crippen LogP contribution in [0.4, 0.5) is 24.5 Å². The number of carbonyl (C=O) groups excluding carboxylic acids is 3. The largest absolute Gasteiger partial charge is 0.484 e. The third-order valence-electron chi connectivity index (χ3n) is 7.30. The lowest BCUT2D eigenvalue weighted by Gasteiger charge is -2.29. The van der Waals surface area contributed by atoms with Crippen molar-refractivity contribution >= 4 is 52.2 Å². The summed E-state index contributed by atoms with van der Waals surface area (Å²) in [5, 5.41) is 2.14. The van der Waals surface area contributed by atoms with Gasteiger partial charge in [-0.3, -0.25) is 19.2 Å². The number of aryl methyl sites for hydroxylation is 1. The minimum absolute atomic E-state index is 0.261. The third-order valence-corrected chi connectivity index (χ3v) is 9.70. The van der Waals surface area contributed by atoms with Gasteiger partial charge in [-0.15, -0.1) is 0 Å². The van der Waals surface area contributed by atoms with Gasteiger partial charge in [-0.1, -0.05) is 65.6 Å². The number of halogens is 3. The van der Waals surface area contributed by atoms with Crippen LogP contribution in [-0.4, -0.2) is 34.6 Å². The van der Waals surface area contributed by atoms with E-state index in [9.17, 15) is 32.3 Å². The second-order valence-corrected chi connectivity index (χ2v) is 12.2. The molecule has 220 valence electrons. The third kappa shape index (κ3) is 5.34. The van der Waals surface area contributed by atoms with Crippen LogP contribution in [0.25, 0.3) is 0 Å². The number of benzene rings is 3. The van der Waals surface area contributed by atoms with Crippen LogP contribution in [0, 0.1) is 12.8 Å². The Morgan fingerprint density at radius 3 is 2.40 bits per heavy atom. The number of para-hydroxylation sites is 2. The molecule has 6 rings (SSSR count). The number of thioether (sulfide) groups is 1. The summed E-state index contributed by atoms with van der Waals surface area (Å²) in [4.78, 5) is 55.5. The van der Waals surface area contributed by atoms with Gasteiger partial charge in [0.05, 0.1) is 22.2 Å². The summed E-state index contributed by atoms with van der Waals surface area (Å²) >= 11 is 1.87. The number of carbonyl (C=O) groups is 3. The van der Waals surface area contributed by atoms with Gasteiger partial charge < -0.3 is 15.0 Å². The van der Waals surface area contributed by atoms with E-state index in [0.717, 1.165) is 40.8 Å². The Morgan fingerprint density at radius 2 is 1.67 bits per heavy atom. The highest BCUT2D eigenvalue weighted by Crippen LogP contribution is 2.54. The first kappa shape index (κ1) is 28.7.